The van der Waals surface area contributed by atoms with E-state index >= 15 is 0 Å². The summed E-state index contributed by atoms with van der Waals surface area (Å²) in [6.07, 6.45) is 3.08. The Morgan fingerprint density at radius 3 is 3.12 bits per heavy atom. The highest BCUT2D eigenvalue weighted by molar-refractivity contribution is 6.17. The average molecular weight is 254 g/mol. The van der Waals surface area contributed by atoms with Gasteiger partial charge in [0.25, 0.3) is 0 Å². The van der Waals surface area contributed by atoms with Crippen molar-refractivity contribution in [2.45, 2.75) is 12.8 Å². The van der Waals surface area contributed by atoms with E-state index in [0.29, 0.717) is 17.1 Å². The third-order valence-electron chi connectivity index (χ3n) is 2.35. The van der Waals surface area contributed by atoms with E-state index in [4.69, 9.17) is 11.6 Å². The van der Waals surface area contributed by atoms with Gasteiger partial charge in [-0.25, -0.2) is 14.8 Å². The number of carbonyl (C=O) groups excluding carboxylic acids is 1. The fourth-order valence-electron chi connectivity index (χ4n) is 1.53. The Bertz CT molecular complexity index is 538. The number of nitrogens with one attached hydrogen (secondary N) is 1. The zero-order valence-electron chi connectivity index (χ0n) is 9.36. The minimum atomic E-state index is -0.406. The Morgan fingerprint density at radius 1 is 1.59 bits per heavy atom. The normalized spacial score (nSPS) is 10.7. The number of aryl methyl sites for hydroxylation is 1. The molecule has 0 aliphatic rings. The predicted octanol–water partition coefficient (Wildman–Crippen LogP) is 1.92. The van der Waals surface area contributed by atoms with Crippen molar-refractivity contribution >= 4 is 28.7 Å². The molecule has 2 aromatic rings. The van der Waals surface area contributed by atoms with E-state index in [9.17, 15) is 4.79 Å². The number of rotatable bonds is 4. The summed E-state index contributed by atoms with van der Waals surface area (Å²) >= 11 is 5.62. The summed E-state index contributed by atoms with van der Waals surface area (Å²) in [6, 6.07) is 1.69. The molecular weight excluding hydrogens is 242 g/mol. The minimum absolute atomic E-state index is 0.406. The molecule has 2 heterocycles. The third-order valence-corrected chi connectivity index (χ3v) is 2.62. The number of fused-ring (bicyclic) bond motifs is 1. The summed E-state index contributed by atoms with van der Waals surface area (Å²) in [6.45, 7) is 0. The molecule has 0 aromatic carbocycles. The molecule has 0 bridgehead atoms. The van der Waals surface area contributed by atoms with Crippen LogP contribution in [0.2, 0.25) is 0 Å². The van der Waals surface area contributed by atoms with Crippen LogP contribution in [-0.4, -0.2) is 33.9 Å². The van der Waals surface area contributed by atoms with Crippen molar-refractivity contribution in [1.82, 2.24) is 15.0 Å². The van der Waals surface area contributed by atoms with Crippen LogP contribution in [0.15, 0.2) is 12.3 Å². The van der Waals surface area contributed by atoms with Gasteiger partial charge in [-0.05, 0) is 12.5 Å². The van der Waals surface area contributed by atoms with Gasteiger partial charge in [0.2, 0.25) is 0 Å². The second-order valence-electron chi connectivity index (χ2n) is 3.56. The lowest BCUT2D eigenvalue weighted by Gasteiger charge is -1.96. The number of nitrogens with zero attached hydrogens (tertiary/aromatic N) is 2. The second kappa shape index (κ2) is 5.14. The van der Waals surface area contributed by atoms with Gasteiger partial charge in [-0.3, -0.25) is 0 Å². The molecule has 0 saturated carbocycles. The molecule has 17 heavy (non-hydrogen) atoms. The van der Waals surface area contributed by atoms with Crippen molar-refractivity contribution in [3.63, 3.8) is 0 Å². The van der Waals surface area contributed by atoms with Crippen LogP contribution in [0.3, 0.4) is 0 Å². The number of halogens is 1. The SMILES string of the molecule is COC(=O)c1cnc2nc(CCCCl)[nH]c2c1. The van der Waals surface area contributed by atoms with Gasteiger partial charge >= 0.3 is 5.97 Å². The van der Waals surface area contributed by atoms with E-state index in [1.165, 1.54) is 13.3 Å². The number of alkyl halides is 1. The molecule has 0 amide bonds. The molecule has 0 aliphatic carbocycles. The van der Waals surface area contributed by atoms with Gasteiger partial charge in [0.05, 0.1) is 18.2 Å². The maximum atomic E-state index is 11.3. The fraction of sp³-hybridized carbons (Fsp3) is 0.364. The van der Waals surface area contributed by atoms with Gasteiger partial charge in [-0.2, -0.15) is 0 Å². The average Bonchev–Trinajstić information content (AvgIpc) is 2.76. The summed E-state index contributed by atoms with van der Waals surface area (Å²) in [5, 5.41) is 0. The number of aromatic amines is 1. The van der Waals surface area contributed by atoms with E-state index < -0.39 is 5.97 Å². The minimum Gasteiger partial charge on any atom is -0.465 e. The first-order valence-electron chi connectivity index (χ1n) is 5.23. The van der Waals surface area contributed by atoms with Crippen molar-refractivity contribution in [2.24, 2.45) is 0 Å². The summed E-state index contributed by atoms with van der Waals surface area (Å²) in [7, 11) is 1.34. The number of imidazole rings is 1. The van der Waals surface area contributed by atoms with E-state index in [1.807, 2.05) is 0 Å². The molecule has 0 radical (unpaired) electrons. The van der Waals surface area contributed by atoms with E-state index in [0.717, 1.165) is 24.2 Å². The number of H-pyrrole nitrogens is 1. The second-order valence-corrected chi connectivity index (χ2v) is 3.94. The lowest BCUT2D eigenvalue weighted by molar-refractivity contribution is 0.0600. The van der Waals surface area contributed by atoms with Crippen LogP contribution in [-0.2, 0) is 11.2 Å². The predicted molar refractivity (Wildman–Crippen MR) is 64.3 cm³/mol. The lowest BCUT2D eigenvalue weighted by atomic mass is 10.3. The molecule has 0 spiro atoms. The Labute approximate surface area is 103 Å². The van der Waals surface area contributed by atoms with E-state index in [1.54, 1.807) is 6.07 Å². The van der Waals surface area contributed by atoms with E-state index in [2.05, 4.69) is 19.7 Å². The van der Waals surface area contributed by atoms with Crippen LogP contribution in [0.25, 0.3) is 11.2 Å². The number of methoxy groups -OCH3 is 1. The first-order valence-corrected chi connectivity index (χ1v) is 5.77. The summed E-state index contributed by atoms with van der Waals surface area (Å²) in [4.78, 5) is 22.8. The lowest BCUT2D eigenvalue weighted by Crippen LogP contribution is -2.01. The molecule has 0 unspecified atom stereocenters. The van der Waals surface area contributed by atoms with Crippen molar-refractivity contribution in [2.75, 3.05) is 13.0 Å². The zero-order chi connectivity index (χ0) is 12.3. The number of carbonyl (C=O) groups is 1. The topological polar surface area (TPSA) is 67.9 Å². The Hall–Kier alpha value is -1.62. The van der Waals surface area contributed by atoms with Gasteiger partial charge in [0.15, 0.2) is 5.65 Å². The summed E-state index contributed by atoms with van der Waals surface area (Å²) in [5.74, 6) is 1.02. The molecule has 2 aromatic heterocycles. The highest BCUT2D eigenvalue weighted by atomic mass is 35.5. The van der Waals surface area contributed by atoms with Crippen molar-refractivity contribution in [3.8, 4) is 0 Å². The van der Waals surface area contributed by atoms with Crippen LogP contribution in [0.5, 0.6) is 0 Å². The first kappa shape index (κ1) is 11.9. The number of hydrogen-bond acceptors (Lipinski definition) is 4. The molecular formula is C11H12ClN3O2. The number of ether oxygens (including phenoxy) is 1. The molecule has 2 rings (SSSR count). The third kappa shape index (κ3) is 2.55. The highest BCUT2D eigenvalue weighted by Gasteiger charge is 2.09. The maximum absolute atomic E-state index is 11.3. The van der Waals surface area contributed by atoms with Gasteiger partial charge in [-0.1, -0.05) is 0 Å². The maximum Gasteiger partial charge on any atom is 0.339 e. The van der Waals surface area contributed by atoms with Crippen molar-refractivity contribution in [3.05, 3.63) is 23.7 Å². The molecule has 90 valence electrons. The Balaban J connectivity index is 2.31. The van der Waals surface area contributed by atoms with Gasteiger partial charge < -0.3 is 9.72 Å². The number of aromatic nitrogens is 3. The van der Waals surface area contributed by atoms with Gasteiger partial charge in [-0.15, -0.1) is 11.6 Å². The van der Waals surface area contributed by atoms with Crippen LogP contribution in [0.1, 0.15) is 22.6 Å². The number of hydrogen-bond donors (Lipinski definition) is 1. The monoisotopic (exact) mass is 253 g/mol. The van der Waals surface area contributed by atoms with Crippen LogP contribution in [0, 0.1) is 0 Å². The molecule has 0 atom stereocenters. The van der Waals surface area contributed by atoms with Gasteiger partial charge in [0.1, 0.15) is 5.82 Å². The number of esters is 1. The van der Waals surface area contributed by atoms with Crippen molar-refractivity contribution in [1.29, 1.82) is 0 Å². The van der Waals surface area contributed by atoms with Crippen LogP contribution >= 0.6 is 11.6 Å². The van der Waals surface area contributed by atoms with Crippen molar-refractivity contribution < 1.29 is 9.53 Å². The highest BCUT2D eigenvalue weighted by Crippen LogP contribution is 2.12. The standard InChI is InChI=1S/C11H12ClN3O2/c1-17-11(16)7-5-8-10(13-6-7)15-9(14-8)3-2-4-12/h5-6H,2-4H2,1H3,(H,13,14,15). The van der Waals surface area contributed by atoms with Crippen LogP contribution < -0.4 is 0 Å². The summed E-state index contributed by atoms with van der Waals surface area (Å²) in [5.41, 5.74) is 1.74. The molecule has 5 nitrogen and oxygen atoms in total. The quantitative estimate of drug-likeness (QED) is 0.668. The molecule has 0 aliphatic heterocycles. The largest absolute Gasteiger partial charge is 0.465 e. The fourth-order valence-corrected chi connectivity index (χ4v) is 1.67. The Kier molecular flexibility index (Phi) is 3.58. The first-order chi connectivity index (χ1) is 8.24. The molecule has 6 heteroatoms. The Morgan fingerprint density at radius 2 is 2.41 bits per heavy atom. The smallest absolute Gasteiger partial charge is 0.339 e. The zero-order valence-corrected chi connectivity index (χ0v) is 10.1. The molecule has 1 N–H and O–H groups in total. The molecule has 0 saturated heterocycles. The number of pyridine rings is 1. The molecule has 0 fully saturated rings. The summed E-state index contributed by atoms with van der Waals surface area (Å²) < 4.78 is 4.63. The van der Waals surface area contributed by atoms with E-state index in [-0.39, 0.29) is 0 Å². The van der Waals surface area contributed by atoms with Crippen LogP contribution in [0.4, 0.5) is 0 Å². The van der Waals surface area contributed by atoms with Gasteiger partial charge in [0, 0.05) is 18.5 Å².